The third kappa shape index (κ3) is 2.90. The smallest absolute Gasteiger partial charge is 0.0608 e. The van der Waals surface area contributed by atoms with Crippen molar-refractivity contribution in [1.82, 2.24) is 0 Å². The van der Waals surface area contributed by atoms with Gasteiger partial charge in [-0.1, -0.05) is 30.5 Å². The van der Waals surface area contributed by atoms with E-state index in [0.717, 1.165) is 6.42 Å². The predicted octanol–water partition coefficient (Wildman–Crippen LogP) is 3.71. The molecule has 0 bridgehead atoms. The van der Waals surface area contributed by atoms with Gasteiger partial charge in [-0.3, -0.25) is 0 Å². The van der Waals surface area contributed by atoms with Crippen LogP contribution in [0.4, 0.5) is 0 Å². The summed E-state index contributed by atoms with van der Waals surface area (Å²) < 4.78 is 0. The summed E-state index contributed by atoms with van der Waals surface area (Å²) >= 11 is 0. The Morgan fingerprint density at radius 2 is 1.65 bits per heavy atom. The highest BCUT2D eigenvalue weighted by atomic mass is 16.3. The summed E-state index contributed by atoms with van der Waals surface area (Å²) in [6.07, 6.45) is 5.72. The van der Waals surface area contributed by atoms with E-state index in [2.05, 4.69) is 32.9 Å². The lowest BCUT2D eigenvalue weighted by Crippen LogP contribution is -2.21. The van der Waals surface area contributed by atoms with Gasteiger partial charge in [0.1, 0.15) is 0 Å². The van der Waals surface area contributed by atoms with Crippen LogP contribution in [0.25, 0.3) is 0 Å². The number of rotatable bonds is 3. The molecule has 0 spiro atoms. The van der Waals surface area contributed by atoms with Crippen LogP contribution in [-0.4, -0.2) is 11.2 Å². The maximum atomic E-state index is 10.3. The molecule has 0 amide bonds. The molecule has 1 saturated carbocycles. The molecule has 94 valence electrons. The van der Waals surface area contributed by atoms with Crippen LogP contribution in [0.1, 0.15) is 47.9 Å². The van der Waals surface area contributed by atoms with Crippen molar-refractivity contribution in [1.29, 1.82) is 0 Å². The minimum Gasteiger partial charge on any atom is -0.392 e. The average molecular weight is 232 g/mol. The normalized spacial score (nSPS) is 18.6. The highest BCUT2D eigenvalue weighted by molar-refractivity contribution is 5.37. The fraction of sp³-hybridized carbons (Fsp3) is 0.625. The van der Waals surface area contributed by atoms with E-state index in [4.69, 9.17) is 0 Å². The zero-order valence-corrected chi connectivity index (χ0v) is 11.3. The van der Waals surface area contributed by atoms with Crippen LogP contribution < -0.4 is 0 Å². The van der Waals surface area contributed by atoms with Crippen LogP contribution in [-0.2, 0) is 6.42 Å². The Balaban J connectivity index is 2.12. The molecule has 1 aliphatic carbocycles. The van der Waals surface area contributed by atoms with Crippen molar-refractivity contribution in [3.63, 3.8) is 0 Å². The second kappa shape index (κ2) is 5.22. The van der Waals surface area contributed by atoms with E-state index in [1.165, 1.54) is 47.9 Å². The van der Waals surface area contributed by atoms with E-state index in [-0.39, 0.29) is 6.10 Å². The molecule has 1 atom stereocenters. The molecule has 1 fully saturated rings. The van der Waals surface area contributed by atoms with Gasteiger partial charge in [-0.05, 0) is 62.6 Å². The quantitative estimate of drug-likeness (QED) is 0.842. The summed E-state index contributed by atoms with van der Waals surface area (Å²) in [5, 5.41) is 10.3. The topological polar surface area (TPSA) is 20.2 Å². The van der Waals surface area contributed by atoms with Gasteiger partial charge in [0.2, 0.25) is 0 Å². The molecular weight excluding hydrogens is 208 g/mol. The van der Waals surface area contributed by atoms with Gasteiger partial charge in [0.15, 0.2) is 0 Å². The molecule has 1 unspecified atom stereocenters. The van der Waals surface area contributed by atoms with Gasteiger partial charge >= 0.3 is 0 Å². The largest absolute Gasteiger partial charge is 0.392 e. The predicted molar refractivity (Wildman–Crippen MR) is 72.3 cm³/mol. The minimum absolute atomic E-state index is 0.141. The summed E-state index contributed by atoms with van der Waals surface area (Å²) in [4.78, 5) is 0. The molecule has 1 heteroatoms. The maximum absolute atomic E-state index is 10.3. The molecule has 2 rings (SSSR count). The monoisotopic (exact) mass is 232 g/mol. The van der Waals surface area contributed by atoms with Crippen molar-refractivity contribution < 1.29 is 5.11 Å². The highest BCUT2D eigenvalue weighted by Gasteiger charge is 2.24. The Bertz CT molecular complexity index is 366. The van der Waals surface area contributed by atoms with E-state index >= 15 is 0 Å². The van der Waals surface area contributed by atoms with E-state index in [1.807, 2.05) is 0 Å². The van der Waals surface area contributed by atoms with E-state index in [1.54, 1.807) is 0 Å². The number of benzene rings is 1. The van der Waals surface area contributed by atoms with Crippen molar-refractivity contribution in [2.45, 2.75) is 59.0 Å². The van der Waals surface area contributed by atoms with Crippen LogP contribution >= 0.6 is 0 Å². The zero-order valence-electron chi connectivity index (χ0n) is 11.3. The first kappa shape index (κ1) is 12.6. The lowest BCUT2D eigenvalue weighted by atomic mass is 9.90. The Morgan fingerprint density at radius 3 is 2.18 bits per heavy atom. The van der Waals surface area contributed by atoms with Crippen LogP contribution in [0.15, 0.2) is 12.1 Å². The van der Waals surface area contributed by atoms with Crippen LogP contribution in [0.3, 0.4) is 0 Å². The van der Waals surface area contributed by atoms with Crippen molar-refractivity contribution >= 4 is 0 Å². The van der Waals surface area contributed by atoms with Gasteiger partial charge in [0.25, 0.3) is 0 Å². The first-order valence-corrected chi connectivity index (χ1v) is 6.82. The second-order valence-corrected chi connectivity index (χ2v) is 5.69. The Morgan fingerprint density at radius 1 is 1.12 bits per heavy atom. The number of aryl methyl sites for hydroxylation is 3. The van der Waals surface area contributed by atoms with Crippen molar-refractivity contribution in [2.75, 3.05) is 0 Å². The van der Waals surface area contributed by atoms with Gasteiger partial charge in [-0.15, -0.1) is 0 Å². The lowest BCUT2D eigenvalue weighted by molar-refractivity contribution is 0.111. The number of aliphatic hydroxyl groups excluding tert-OH is 1. The Hall–Kier alpha value is -0.820. The van der Waals surface area contributed by atoms with Gasteiger partial charge < -0.3 is 5.11 Å². The first-order chi connectivity index (χ1) is 8.08. The first-order valence-electron chi connectivity index (χ1n) is 6.82. The van der Waals surface area contributed by atoms with Crippen molar-refractivity contribution in [3.05, 3.63) is 34.4 Å². The Labute approximate surface area is 105 Å². The van der Waals surface area contributed by atoms with E-state index in [9.17, 15) is 5.11 Å². The SMILES string of the molecule is Cc1cc(C)c(CC(O)C2CCCC2)c(C)c1. The standard InChI is InChI=1S/C16H24O/c1-11-8-12(2)15(13(3)9-11)10-16(17)14-6-4-5-7-14/h8-9,14,16-17H,4-7,10H2,1-3H3. The fourth-order valence-corrected chi connectivity index (χ4v) is 3.25. The molecule has 0 aliphatic heterocycles. The molecule has 1 aromatic rings. The molecular formula is C16H24O. The summed E-state index contributed by atoms with van der Waals surface area (Å²) in [7, 11) is 0. The zero-order chi connectivity index (χ0) is 12.4. The van der Waals surface area contributed by atoms with E-state index < -0.39 is 0 Å². The molecule has 1 N–H and O–H groups in total. The third-order valence-corrected chi connectivity index (χ3v) is 4.20. The molecule has 0 radical (unpaired) electrons. The molecule has 0 aromatic heterocycles. The maximum Gasteiger partial charge on any atom is 0.0608 e. The van der Waals surface area contributed by atoms with Crippen molar-refractivity contribution in [2.24, 2.45) is 5.92 Å². The molecule has 1 aliphatic rings. The van der Waals surface area contributed by atoms with Crippen LogP contribution in [0.5, 0.6) is 0 Å². The highest BCUT2D eigenvalue weighted by Crippen LogP contribution is 2.30. The van der Waals surface area contributed by atoms with Gasteiger partial charge in [0, 0.05) is 0 Å². The molecule has 17 heavy (non-hydrogen) atoms. The number of aliphatic hydroxyl groups is 1. The summed E-state index contributed by atoms with van der Waals surface area (Å²) in [5.41, 5.74) is 5.34. The molecule has 1 aromatic carbocycles. The van der Waals surface area contributed by atoms with Gasteiger partial charge in [0.05, 0.1) is 6.10 Å². The fourth-order valence-electron chi connectivity index (χ4n) is 3.25. The Kier molecular flexibility index (Phi) is 3.88. The second-order valence-electron chi connectivity index (χ2n) is 5.69. The van der Waals surface area contributed by atoms with E-state index in [0.29, 0.717) is 5.92 Å². The lowest BCUT2D eigenvalue weighted by Gasteiger charge is -2.20. The molecule has 0 heterocycles. The average Bonchev–Trinajstić information content (AvgIpc) is 2.76. The number of hydrogen-bond donors (Lipinski definition) is 1. The van der Waals surface area contributed by atoms with Gasteiger partial charge in [-0.25, -0.2) is 0 Å². The third-order valence-electron chi connectivity index (χ3n) is 4.20. The van der Waals surface area contributed by atoms with Crippen LogP contribution in [0.2, 0.25) is 0 Å². The van der Waals surface area contributed by atoms with Crippen LogP contribution in [0, 0.1) is 26.7 Å². The van der Waals surface area contributed by atoms with Gasteiger partial charge in [-0.2, -0.15) is 0 Å². The summed E-state index contributed by atoms with van der Waals surface area (Å²) in [6.45, 7) is 6.46. The molecule has 0 saturated heterocycles. The van der Waals surface area contributed by atoms with Crippen molar-refractivity contribution in [3.8, 4) is 0 Å². The molecule has 1 nitrogen and oxygen atoms in total. The summed E-state index contributed by atoms with van der Waals surface area (Å²) in [5.74, 6) is 0.537. The summed E-state index contributed by atoms with van der Waals surface area (Å²) in [6, 6.07) is 4.45. The number of hydrogen-bond acceptors (Lipinski definition) is 1. The minimum atomic E-state index is -0.141.